The molecule has 2 heterocycles. The lowest BCUT2D eigenvalue weighted by atomic mass is 9.79. The van der Waals surface area contributed by atoms with Gasteiger partial charge in [-0.3, -0.25) is 10.2 Å². The normalized spacial score (nSPS) is 18.8. The standard InChI is InChI=1S/C18H15Cl2NO5/c1-3-24-17(22)15-13(10-5-4-9(19)7-11(10)20)14-12(26-16(15)21)6-8(2)25-18(14)23/h4-7,13,15,21H,3H2,1-2H3. The highest BCUT2D eigenvalue weighted by Gasteiger charge is 2.45. The second-order valence-electron chi connectivity index (χ2n) is 5.76. The van der Waals surface area contributed by atoms with Gasteiger partial charge >= 0.3 is 11.6 Å². The maximum Gasteiger partial charge on any atom is 0.343 e. The van der Waals surface area contributed by atoms with E-state index in [1.807, 2.05) is 0 Å². The molecule has 0 amide bonds. The summed E-state index contributed by atoms with van der Waals surface area (Å²) in [6.45, 7) is 3.37. The van der Waals surface area contributed by atoms with Crippen LogP contribution < -0.4 is 10.4 Å². The van der Waals surface area contributed by atoms with E-state index in [-0.39, 0.29) is 28.8 Å². The SMILES string of the molecule is CCOC(=O)C1C(=N)Oc2cc(C)oc(=O)c2C1c1ccc(Cl)cc1Cl. The predicted octanol–water partition coefficient (Wildman–Crippen LogP) is 3.94. The summed E-state index contributed by atoms with van der Waals surface area (Å²) < 4.78 is 15.7. The molecule has 0 saturated heterocycles. The second kappa shape index (κ2) is 7.13. The van der Waals surface area contributed by atoms with E-state index >= 15 is 0 Å². The quantitative estimate of drug-likeness (QED) is 0.794. The van der Waals surface area contributed by atoms with E-state index in [9.17, 15) is 9.59 Å². The summed E-state index contributed by atoms with van der Waals surface area (Å²) in [4.78, 5) is 25.1. The van der Waals surface area contributed by atoms with Crippen molar-refractivity contribution < 1.29 is 18.7 Å². The Morgan fingerprint density at radius 3 is 2.69 bits per heavy atom. The van der Waals surface area contributed by atoms with Gasteiger partial charge in [0, 0.05) is 22.0 Å². The first-order valence-corrected chi connectivity index (χ1v) is 8.61. The van der Waals surface area contributed by atoms with Crippen molar-refractivity contribution in [2.24, 2.45) is 5.92 Å². The highest BCUT2D eigenvalue weighted by molar-refractivity contribution is 6.35. The first-order chi connectivity index (χ1) is 12.3. The molecule has 1 N–H and O–H groups in total. The number of ether oxygens (including phenoxy) is 2. The van der Waals surface area contributed by atoms with Crippen molar-refractivity contribution in [3.8, 4) is 5.75 Å². The molecule has 136 valence electrons. The molecule has 8 heteroatoms. The molecule has 26 heavy (non-hydrogen) atoms. The average molecular weight is 396 g/mol. The Morgan fingerprint density at radius 2 is 2.04 bits per heavy atom. The number of fused-ring (bicyclic) bond motifs is 1. The second-order valence-corrected chi connectivity index (χ2v) is 6.61. The summed E-state index contributed by atoms with van der Waals surface area (Å²) in [6, 6.07) is 6.22. The topological polar surface area (TPSA) is 89.6 Å². The Balaban J connectivity index is 2.28. The van der Waals surface area contributed by atoms with Gasteiger partial charge in [0.2, 0.25) is 5.90 Å². The summed E-state index contributed by atoms with van der Waals surface area (Å²) in [6.07, 6.45) is 0. The zero-order valence-corrected chi connectivity index (χ0v) is 15.5. The molecule has 2 unspecified atom stereocenters. The summed E-state index contributed by atoms with van der Waals surface area (Å²) >= 11 is 12.3. The first kappa shape index (κ1) is 18.5. The minimum Gasteiger partial charge on any atom is -0.465 e. The van der Waals surface area contributed by atoms with Gasteiger partial charge in [0.1, 0.15) is 17.4 Å². The van der Waals surface area contributed by atoms with E-state index in [1.165, 1.54) is 12.1 Å². The third-order valence-electron chi connectivity index (χ3n) is 4.06. The van der Waals surface area contributed by atoms with Crippen LogP contribution in [0.4, 0.5) is 0 Å². The Hall–Kier alpha value is -2.31. The summed E-state index contributed by atoms with van der Waals surface area (Å²) in [5.74, 6) is -2.55. The Bertz CT molecular complexity index is 953. The minimum absolute atomic E-state index is 0.119. The number of esters is 1. The van der Waals surface area contributed by atoms with Gasteiger partial charge in [-0.05, 0) is 31.5 Å². The van der Waals surface area contributed by atoms with Crippen LogP contribution >= 0.6 is 23.2 Å². The number of nitrogens with one attached hydrogen (secondary N) is 1. The van der Waals surface area contributed by atoms with E-state index in [4.69, 9.17) is 42.5 Å². The maximum absolute atomic E-state index is 12.5. The van der Waals surface area contributed by atoms with Crippen molar-refractivity contribution >= 4 is 35.1 Å². The highest BCUT2D eigenvalue weighted by atomic mass is 35.5. The van der Waals surface area contributed by atoms with Gasteiger partial charge in [0.25, 0.3) is 0 Å². The molecule has 6 nitrogen and oxygen atoms in total. The number of carbonyl (C=O) groups is 1. The fourth-order valence-electron chi connectivity index (χ4n) is 3.02. The lowest BCUT2D eigenvalue weighted by Gasteiger charge is -2.32. The zero-order chi connectivity index (χ0) is 19.0. The number of hydrogen-bond acceptors (Lipinski definition) is 6. The van der Waals surface area contributed by atoms with E-state index in [0.29, 0.717) is 16.3 Å². The smallest absolute Gasteiger partial charge is 0.343 e. The molecule has 0 aliphatic carbocycles. The number of carbonyl (C=O) groups excluding carboxylic acids is 1. The van der Waals surface area contributed by atoms with Crippen molar-refractivity contribution in [1.29, 1.82) is 5.41 Å². The number of aryl methyl sites for hydroxylation is 1. The molecular weight excluding hydrogens is 381 g/mol. The van der Waals surface area contributed by atoms with E-state index < -0.39 is 23.4 Å². The van der Waals surface area contributed by atoms with E-state index in [2.05, 4.69) is 0 Å². The van der Waals surface area contributed by atoms with Crippen LogP contribution in [0.2, 0.25) is 10.0 Å². The van der Waals surface area contributed by atoms with E-state index in [1.54, 1.807) is 26.0 Å². The number of benzene rings is 1. The molecule has 1 aromatic carbocycles. The van der Waals surface area contributed by atoms with Crippen LogP contribution in [0.5, 0.6) is 5.75 Å². The van der Waals surface area contributed by atoms with Crippen LogP contribution in [0, 0.1) is 18.3 Å². The van der Waals surface area contributed by atoms with Gasteiger partial charge < -0.3 is 13.9 Å². The molecule has 0 radical (unpaired) electrons. The number of halogens is 2. The fourth-order valence-corrected chi connectivity index (χ4v) is 3.55. The fraction of sp³-hybridized carbons (Fsp3) is 0.278. The predicted molar refractivity (Wildman–Crippen MR) is 96.5 cm³/mol. The summed E-state index contributed by atoms with van der Waals surface area (Å²) in [5, 5.41) is 8.86. The highest BCUT2D eigenvalue weighted by Crippen LogP contribution is 2.44. The first-order valence-electron chi connectivity index (χ1n) is 7.86. The molecule has 0 saturated carbocycles. The zero-order valence-electron chi connectivity index (χ0n) is 14.0. The molecule has 1 aliphatic rings. The van der Waals surface area contributed by atoms with E-state index in [0.717, 1.165) is 0 Å². The Kier molecular flexibility index (Phi) is 5.07. The van der Waals surface area contributed by atoms with Crippen LogP contribution in [-0.4, -0.2) is 18.5 Å². The van der Waals surface area contributed by atoms with Gasteiger partial charge in [-0.1, -0.05) is 29.3 Å². The van der Waals surface area contributed by atoms with Gasteiger partial charge in [0.15, 0.2) is 0 Å². The number of rotatable bonds is 3. The van der Waals surface area contributed by atoms with Crippen molar-refractivity contribution in [3.05, 3.63) is 61.6 Å². The average Bonchev–Trinajstić information content (AvgIpc) is 2.53. The monoisotopic (exact) mass is 395 g/mol. The van der Waals surface area contributed by atoms with Crippen LogP contribution in [0.15, 0.2) is 33.5 Å². The molecule has 1 aliphatic heterocycles. The van der Waals surface area contributed by atoms with Gasteiger partial charge in [0.05, 0.1) is 12.2 Å². The molecule has 0 bridgehead atoms. The van der Waals surface area contributed by atoms with Crippen molar-refractivity contribution in [1.82, 2.24) is 0 Å². The molecule has 1 aromatic heterocycles. The van der Waals surface area contributed by atoms with Crippen molar-refractivity contribution in [2.75, 3.05) is 6.61 Å². The summed E-state index contributed by atoms with van der Waals surface area (Å²) in [5.41, 5.74) is -0.0775. The molecule has 0 fully saturated rings. The lowest BCUT2D eigenvalue weighted by molar-refractivity contribution is -0.146. The van der Waals surface area contributed by atoms with Gasteiger partial charge in [-0.15, -0.1) is 0 Å². The molecular formula is C18H15Cl2NO5. The van der Waals surface area contributed by atoms with Crippen molar-refractivity contribution in [3.63, 3.8) is 0 Å². The van der Waals surface area contributed by atoms with Crippen LogP contribution in [-0.2, 0) is 9.53 Å². The van der Waals surface area contributed by atoms with Crippen molar-refractivity contribution in [2.45, 2.75) is 19.8 Å². The largest absolute Gasteiger partial charge is 0.465 e. The van der Waals surface area contributed by atoms with Crippen LogP contribution in [0.1, 0.15) is 29.7 Å². The maximum atomic E-state index is 12.5. The lowest BCUT2D eigenvalue weighted by Crippen LogP contribution is -2.40. The Morgan fingerprint density at radius 1 is 1.31 bits per heavy atom. The number of hydrogen-bond donors (Lipinski definition) is 1. The molecule has 2 aromatic rings. The third-order valence-corrected chi connectivity index (χ3v) is 4.62. The Labute approximate surface area is 159 Å². The summed E-state index contributed by atoms with van der Waals surface area (Å²) in [7, 11) is 0. The van der Waals surface area contributed by atoms with Crippen LogP contribution in [0.25, 0.3) is 0 Å². The van der Waals surface area contributed by atoms with Gasteiger partial charge in [-0.2, -0.15) is 0 Å². The molecule has 3 rings (SSSR count). The molecule has 0 spiro atoms. The minimum atomic E-state index is -1.16. The van der Waals surface area contributed by atoms with Gasteiger partial charge in [-0.25, -0.2) is 4.79 Å². The molecule has 2 atom stereocenters. The third kappa shape index (κ3) is 3.22. The van der Waals surface area contributed by atoms with Crippen LogP contribution in [0.3, 0.4) is 0 Å².